The average molecular weight is 556 g/mol. The van der Waals surface area contributed by atoms with Gasteiger partial charge in [0, 0.05) is 47.9 Å². The molecule has 1 saturated heterocycles. The third kappa shape index (κ3) is 6.13. The second-order valence-corrected chi connectivity index (χ2v) is 9.99. The number of benzene rings is 2. The van der Waals surface area contributed by atoms with E-state index >= 15 is 0 Å². The Morgan fingerprint density at radius 3 is 2.61 bits per heavy atom. The molecule has 0 aliphatic carbocycles. The number of pyridine rings is 1. The summed E-state index contributed by atoms with van der Waals surface area (Å²) in [7, 11) is 0. The Balaban J connectivity index is 1.72. The highest BCUT2D eigenvalue weighted by Gasteiger charge is 2.28. The Morgan fingerprint density at radius 1 is 1.16 bits per heavy atom. The maximum Gasteiger partial charge on any atom is 0.251 e. The van der Waals surface area contributed by atoms with Crippen LogP contribution in [0.25, 0.3) is 11.1 Å². The van der Waals surface area contributed by atoms with Crippen molar-refractivity contribution in [2.24, 2.45) is 5.73 Å². The van der Waals surface area contributed by atoms with Gasteiger partial charge in [-0.25, -0.2) is 4.39 Å². The molecule has 1 fully saturated rings. The first-order chi connectivity index (χ1) is 18.2. The molecule has 7 nitrogen and oxygen atoms in total. The minimum absolute atomic E-state index is 0.155. The van der Waals surface area contributed by atoms with Gasteiger partial charge in [-0.1, -0.05) is 29.3 Å². The zero-order chi connectivity index (χ0) is 27.4. The van der Waals surface area contributed by atoms with Crippen LogP contribution in [0.2, 0.25) is 10.0 Å². The molecule has 0 bridgehead atoms. The van der Waals surface area contributed by atoms with E-state index in [4.69, 9.17) is 33.7 Å². The van der Waals surface area contributed by atoms with Gasteiger partial charge in [0.25, 0.3) is 11.5 Å². The van der Waals surface area contributed by atoms with Crippen molar-refractivity contribution in [3.63, 3.8) is 0 Å². The highest BCUT2D eigenvalue weighted by Crippen LogP contribution is 2.33. The van der Waals surface area contributed by atoms with Gasteiger partial charge >= 0.3 is 0 Å². The molecule has 38 heavy (non-hydrogen) atoms. The summed E-state index contributed by atoms with van der Waals surface area (Å²) in [4.78, 5) is 38.2. The van der Waals surface area contributed by atoms with Crippen LogP contribution in [0.1, 0.15) is 53.2 Å². The number of ketones is 1. The van der Waals surface area contributed by atoms with E-state index in [1.54, 1.807) is 12.1 Å². The van der Waals surface area contributed by atoms with Crippen LogP contribution in [-0.2, 0) is 16.0 Å². The number of aromatic nitrogens is 1. The van der Waals surface area contributed by atoms with Crippen molar-refractivity contribution in [2.45, 2.75) is 44.2 Å². The molecule has 2 aromatic carbocycles. The minimum atomic E-state index is -0.939. The number of carbonyl (C=O) groups is 2. The molecular weight excluding hydrogens is 532 g/mol. The number of rotatable bonds is 8. The highest BCUT2D eigenvalue weighted by atomic mass is 35.5. The summed E-state index contributed by atoms with van der Waals surface area (Å²) in [6.45, 7) is 0.561. The van der Waals surface area contributed by atoms with Crippen LogP contribution in [0.3, 0.4) is 0 Å². The number of halogens is 3. The Kier molecular flexibility index (Phi) is 8.62. The lowest BCUT2D eigenvalue weighted by Gasteiger charge is -2.28. The van der Waals surface area contributed by atoms with E-state index < -0.39 is 23.3 Å². The van der Waals surface area contributed by atoms with E-state index in [0.717, 1.165) is 25.3 Å². The van der Waals surface area contributed by atoms with Crippen molar-refractivity contribution < 1.29 is 18.7 Å². The maximum absolute atomic E-state index is 14.3. The van der Waals surface area contributed by atoms with Crippen molar-refractivity contribution in [2.75, 3.05) is 6.61 Å². The molecule has 0 saturated carbocycles. The lowest BCUT2D eigenvalue weighted by atomic mass is 9.94. The fourth-order valence-corrected chi connectivity index (χ4v) is 5.07. The number of carbonyl (C=O) groups excluding carboxylic acids is 2. The third-order valence-corrected chi connectivity index (χ3v) is 7.11. The molecule has 4 rings (SSSR count). The first kappa shape index (κ1) is 27.5. The van der Waals surface area contributed by atoms with E-state index in [9.17, 15) is 24.0 Å². The second kappa shape index (κ2) is 11.9. The predicted octanol–water partition coefficient (Wildman–Crippen LogP) is 5.24. The van der Waals surface area contributed by atoms with Gasteiger partial charge in [0.2, 0.25) is 0 Å². The van der Waals surface area contributed by atoms with E-state index in [-0.39, 0.29) is 40.9 Å². The zero-order valence-corrected chi connectivity index (χ0v) is 21.8. The van der Waals surface area contributed by atoms with Gasteiger partial charge in [-0.15, -0.1) is 0 Å². The summed E-state index contributed by atoms with van der Waals surface area (Å²) in [5.74, 6) is -2.08. The summed E-state index contributed by atoms with van der Waals surface area (Å²) < 4.78 is 21.4. The topological polar surface area (TPSA) is 115 Å². The number of hydrogen-bond acceptors (Lipinski definition) is 5. The molecule has 1 aliphatic heterocycles. The highest BCUT2D eigenvalue weighted by molar-refractivity contribution is 6.33. The smallest absolute Gasteiger partial charge is 0.251 e. The van der Waals surface area contributed by atoms with Crippen molar-refractivity contribution in [1.82, 2.24) is 4.57 Å². The van der Waals surface area contributed by atoms with Gasteiger partial charge in [0.15, 0.2) is 5.78 Å². The molecule has 2 atom stereocenters. The van der Waals surface area contributed by atoms with Crippen molar-refractivity contribution in [3.05, 3.63) is 91.6 Å². The fraction of sp³-hybridized carbons (Fsp3) is 0.286. The van der Waals surface area contributed by atoms with Crippen molar-refractivity contribution in [3.8, 4) is 17.2 Å². The van der Waals surface area contributed by atoms with E-state index in [1.165, 1.54) is 35.0 Å². The molecule has 3 aromatic rings. The van der Waals surface area contributed by atoms with E-state index in [1.807, 2.05) is 0 Å². The number of hydrogen-bond donors (Lipinski definition) is 1. The van der Waals surface area contributed by atoms with Crippen LogP contribution in [0.15, 0.2) is 53.5 Å². The standard InChI is InChI=1S/C28H24Cl2FN3O4/c29-18-6-5-17(14-32)21(11-18)22-13-27(36)34(15-23(22)30)25(12-19-3-1-2-8-38-19)26(35)10-16-4-7-20(28(33)37)24(31)9-16/h4-7,9,11,13,15,19,25H,1-3,8,10,12H2,(H2,33,37)/t19-,25?/m0/s1. The number of ether oxygens (including phenoxy) is 1. The molecule has 1 aromatic heterocycles. The molecular formula is C28H24Cl2FN3O4. The molecule has 1 amide bonds. The zero-order valence-electron chi connectivity index (χ0n) is 20.3. The Labute approximate surface area is 228 Å². The van der Waals surface area contributed by atoms with Gasteiger partial charge < -0.3 is 15.0 Å². The summed E-state index contributed by atoms with van der Waals surface area (Å²) >= 11 is 12.7. The number of nitrogens with two attached hydrogens (primary N) is 1. The molecule has 10 heteroatoms. The van der Waals surface area contributed by atoms with Crippen LogP contribution in [-0.4, -0.2) is 29.0 Å². The molecule has 2 heterocycles. The normalized spacial score (nSPS) is 16.0. The molecule has 2 N–H and O–H groups in total. The Morgan fingerprint density at radius 2 is 1.95 bits per heavy atom. The monoisotopic (exact) mass is 555 g/mol. The summed E-state index contributed by atoms with van der Waals surface area (Å²) in [5.41, 5.74) is 5.73. The maximum atomic E-state index is 14.3. The lowest BCUT2D eigenvalue weighted by molar-refractivity contribution is -0.123. The van der Waals surface area contributed by atoms with Crippen LogP contribution in [0.4, 0.5) is 4.39 Å². The number of primary amides is 1. The SMILES string of the molecule is N#Cc1ccc(Cl)cc1-c1cc(=O)n(C(C[C@@H]2CCCCO2)C(=O)Cc2ccc(C(N)=O)c(F)c2)cc1Cl. The average Bonchev–Trinajstić information content (AvgIpc) is 2.89. The molecule has 196 valence electrons. The van der Waals surface area contributed by atoms with Gasteiger partial charge in [-0.3, -0.25) is 14.4 Å². The van der Waals surface area contributed by atoms with Gasteiger partial charge in [0.05, 0.1) is 34.4 Å². The first-order valence-corrected chi connectivity index (χ1v) is 12.8. The van der Waals surface area contributed by atoms with Crippen LogP contribution in [0.5, 0.6) is 0 Å². The quantitative estimate of drug-likeness (QED) is 0.407. The van der Waals surface area contributed by atoms with Gasteiger partial charge in [-0.05, 0) is 55.2 Å². The molecule has 1 aliphatic rings. The van der Waals surface area contributed by atoms with Crippen LogP contribution < -0.4 is 11.3 Å². The van der Waals surface area contributed by atoms with Gasteiger partial charge in [0.1, 0.15) is 5.82 Å². The van der Waals surface area contributed by atoms with Crippen molar-refractivity contribution >= 4 is 34.9 Å². The summed E-state index contributed by atoms with van der Waals surface area (Å²) in [5, 5.41) is 10.0. The largest absolute Gasteiger partial charge is 0.378 e. The third-order valence-electron chi connectivity index (χ3n) is 6.57. The number of amides is 1. The summed E-state index contributed by atoms with van der Waals surface area (Å²) in [6, 6.07) is 10.8. The first-order valence-electron chi connectivity index (χ1n) is 12.0. The Hall–Kier alpha value is -3.51. The van der Waals surface area contributed by atoms with E-state index in [0.29, 0.717) is 28.3 Å². The fourth-order valence-electron chi connectivity index (χ4n) is 4.64. The Bertz CT molecular complexity index is 1490. The predicted molar refractivity (Wildman–Crippen MR) is 142 cm³/mol. The van der Waals surface area contributed by atoms with Crippen molar-refractivity contribution in [1.29, 1.82) is 5.26 Å². The summed E-state index contributed by atoms with van der Waals surface area (Å²) in [6.07, 6.45) is 3.77. The van der Waals surface area contributed by atoms with Crippen LogP contribution in [0, 0.1) is 17.1 Å². The molecule has 0 radical (unpaired) electrons. The second-order valence-electron chi connectivity index (χ2n) is 9.14. The lowest BCUT2D eigenvalue weighted by Crippen LogP contribution is -2.34. The molecule has 1 unspecified atom stereocenters. The van der Waals surface area contributed by atoms with E-state index in [2.05, 4.69) is 6.07 Å². The number of Topliss-reactive ketones (excluding diaryl/α,β-unsaturated/α-hetero) is 1. The van der Waals surface area contributed by atoms with Crippen LogP contribution >= 0.6 is 23.2 Å². The number of nitrogens with zero attached hydrogens (tertiary/aromatic N) is 2. The molecule has 0 spiro atoms. The number of nitriles is 1. The minimum Gasteiger partial charge on any atom is -0.378 e. The van der Waals surface area contributed by atoms with Gasteiger partial charge in [-0.2, -0.15) is 5.26 Å².